The molecule has 0 spiro atoms. The van der Waals surface area contributed by atoms with Crippen molar-refractivity contribution in [3.8, 4) is 5.75 Å². The third-order valence-electron chi connectivity index (χ3n) is 5.69. The van der Waals surface area contributed by atoms with Gasteiger partial charge >= 0.3 is 5.97 Å². The highest BCUT2D eigenvalue weighted by Crippen LogP contribution is 2.31. The van der Waals surface area contributed by atoms with Crippen molar-refractivity contribution in [2.45, 2.75) is 19.6 Å². The third kappa shape index (κ3) is 4.62. The van der Waals surface area contributed by atoms with E-state index < -0.39 is 12.0 Å². The van der Waals surface area contributed by atoms with E-state index in [4.69, 9.17) is 9.47 Å². The van der Waals surface area contributed by atoms with E-state index in [0.717, 1.165) is 16.0 Å². The van der Waals surface area contributed by atoms with Crippen LogP contribution in [0, 0.1) is 0 Å². The first-order valence-corrected chi connectivity index (χ1v) is 12.7. The van der Waals surface area contributed by atoms with Crippen LogP contribution in [0.25, 0.3) is 6.08 Å². The first-order chi connectivity index (χ1) is 17.0. The predicted octanol–water partition coefficient (Wildman–Crippen LogP) is 4.05. The van der Waals surface area contributed by atoms with Crippen LogP contribution in [-0.2, 0) is 16.1 Å². The molecule has 2 aromatic carbocycles. The number of carbonyl (C=O) groups excluding carboxylic acids is 1. The van der Waals surface area contributed by atoms with Crippen molar-refractivity contribution in [2.24, 2.45) is 4.99 Å². The molecule has 1 atom stereocenters. The number of hydrogen-bond acceptors (Lipinski definition) is 7. The third-order valence-corrected chi connectivity index (χ3v) is 7.49. The highest BCUT2D eigenvalue weighted by atomic mass is 32.1. The van der Waals surface area contributed by atoms with Crippen LogP contribution >= 0.6 is 22.7 Å². The van der Waals surface area contributed by atoms with Gasteiger partial charge in [-0.25, -0.2) is 9.79 Å². The number of hydrogen-bond donors (Lipinski definition) is 0. The first-order valence-electron chi connectivity index (χ1n) is 11.0. The molecule has 6 nitrogen and oxygen atoms in total. The lowest BCUT2D eigenvalue weighted by atomic mass is 9.96. The Bertz CT molecular complexity index is 1560. The van der Waals surface area contributed by atoms with Crippen LogP contribution in [-0.4, -0.2) is 17.6 Å². The fourth-order valence-electron chi connectivity index (χ4n) is 4.00. The van der Waals surface area contributed by atoms with Crippen LogP contribution in [0.4, 0.5) is 0 Å². The van der Waals surface area contributed by atoms with Crippen LogP contribution < -0.4 is 19.6 Å². The summed E-state index contributed by atoms with van der Waals surface area (Å²) in [5, 5.41) is 1.96. The zero-order valence-corrected chi connectivity index (χ0v) is 20.8. The molecule has 0 aliphatic carbocycles. The molecule has 8 heteroatoms. The number of benzene rings is 2. The van der Waals surface area contributed by atoms with Gasteiger partial charge in [-0.05, 0) is 47.7 Å². The molecule has 176 valence electrons. The minimum absolute atomic E-state index is 0.189. The molecule has 0 N–H and O–H groups in total. The number of carbonyl (C=O) groups is 1. The maximum absolute atomic E-state index is 13.5. The zero-order valence-electron chi connectivity index (χ0n) is 19.1. The highest BCUT2D eigenvalue weighted by molar-refractivity contribution is 7.11. The molecule has 4 aromatic rings. The Morgan fingerprint density at radius 1 is 1.09 bits per heavy atom. The van der Waals surface area contributed by atoms with Gasteiger partial charge in [-0.3, -0.25) is 9.36 Å². The molecular weight excluding hydrogens is 480 g/mol. The van der Waals surface area contributed by atoms with E-state index in [9.17, 15) is 9.59 Å². The van der Waals surface area contributed by atoms with E-state index in [2.05, 4.69) is 4.99 Å². The fourth-order valence-corrected chi connectivity index (χ4v) is 5.77. The van der Waals surface area contributed by atoms with Gasteiger partial charge in [-0.15, -0.1) is 11.3 Å². The molecule has 0 fully saturated rings. The van der Waals surface area contributed by atoms with Crippen molar-refractivity contribution in [1.29, 1.82) is 0 Å². The summed E-state index contributed by atoms with van der Waals surface area (Å²) >= 11 is 2.87. The number of aromatic nitrogens is 1. The number of nitrogens with zero attached hydrogens (tertiary/aromatic N) is 2. The van der Waals surface area contributed by atoms with Gasteiger partial charge in [-0.2, -0.15) is 0 Å². The first kappa shape index (κ1) is 23.0. The zero-order chi connectivity index (χ0) is 24.4. The molecule has 1 aliphatic heterocycles. The minimum Gasteiger partial charge on any atom is -0.489 e. The van der Waals surface area contributed by atoms with Gasteiger partial charge in [0.1, 0.15) is 12.4 Å². The van der Waals surface area contributed by atoms with Crippen LogP contribution in [0.15, 0.2) is 93.2 Å². The number of thiazole rings is 1. The van der Waals surface area contributed by atoms with Gasteiger partial charge in [0.25, 0.3) is 5.56 Å². The number of fused-ring (bicyclic) bond motifs is 1. The largest absolute Gasteiger partial charge is 0.489 e. The second-order valence-electron chi connectivity index (χ2n) is 7.93. The molecule has 1 unspecified atom stereocenters. The molecule has 5 rings (SSSR count). The van der Waals surface area contributed by atoms with Gasteiger partial charge in [0, 0.05) is 4.88 Å². The van der Waals surface area contributed by atoms with E-state index in [1.54, 1.807) is 22.8 Å². The Morgan fingerprint density at radius 3 is 2.54 bits per heavy atom. The normalized spacial score (nSPS) is 15.5. The Hall–Kier alpha value is -3.75. The Morgan fingerprint density at radius 2 is 1.86 bits per heavy atom. The van der Waals surface area contributed by atoms with Crippen LogP contribution in [0.2, 0.25) is 0 Å². The fraction of sp³-hybridized carbons (Fsp3) is 0.148. The number of methoxy groups -OCH3 is 1. The Kier molecular flexibility index (Phi) is 6.48. The molecule has 1 aliphatic rings. The summed E-state index contributed by atoms with van der Waals surface area (Å²) in [6.07, 6.45) is 1.86. The van der Waals surface area contributed by atoms with Gasteiger partial charge < -0.3 is 9.47 Å². The number of thiophene rings is 1. The summed E-state index contributed by atoms with van der Waals surface area (Å²) in [7, 11) is 1.34. The summed E-state index contributed by atoms with van der Waals surface area (Å²) in [6.45, 7) is 2.22. The number of allylic oxidation sites excluding steroid dienone is 1. The molecule has 0 bridgehead atoms. The van der Waals surface area contributed by atoms with E-state index in [-0.39, 0.29) is 5.56 Å². The van der Waals surface area contributed by atoms with Crippen molar-refractivity contribution < 1.29 is 14.3 Å². The Balaban J connectivity index is 1.55. The molecule has 0 amide bonds. The second-order valence-corrected chi connectivity index (χ2v) is 9.92. The molecule has 2 aromatic heterocycles. The van der Waals surface area contributed by atoms with Crippen molar-refractivity contribution in [2.75, 3.05) is 7.11 Å². The van der Waals surface area contributed by atoms with Crippen molar-refractivity contribution in [1.82, 2.24) is 4.57 Å². The van der Waals surface area contributed by atoms with Crippen LogP contribution in [0.5, 0.6) is 5.75 Å². The standard InChI is InChI=1S/C27H22N2O4S2/c1-17-23(26(31)32-2)24(19-10-12-20(13-11-19)33-16-18-7-4-3-5-8-18)29-25(30)22(35-27(29)28-17)15-21-9-6-14-34-21/h3-15,24H,16H2,1-2H3/b22-15-. The molecule has 35 heavy (non-hydrogen) atoms. The van der Waals surface area contributed by atoms with Crippen LogP contribution in [0.1, 0.15) is 29.0 Å². The lowest BCUT2D eigenvalue weighted by molar-refractivity contribution is -0.136. The molecule has 3 heterocycles. The number of esters is 1. The van der Waals surface area contributed by atoms with Crippen molar-refractivity contribution >= 4 is 34.7 Å². The average molecular weight is 503 g/mol. The summed E-state index contributed by atoms with van der Waals surface area (Å²) in [5.74, 6) is 0.191. The smallest absolute Gasteiger partial charge is 0.338 e. The van der Waals surface area contributed by atoms with E-state index in [1.807, 2.05) is 78.2 Å². The molecule has 0 saturated heterocycles. The Labute approximate surface area is 209 Å². The maximum Gasteiger partial charge on any atom is 0.338 e. The quantitative estimate of drug-likeness (QED) is 0.373. The van der Waals surface area contributed by atoms with Gasteiger partial charge in [0.05, 0.1) is 29.0 Å². The summed E-state index contributed by atoms with van der Waals surface area (Å²) in [5.41, 5.74) is 2.54. The topological polar surface area (TPSA) is 69.9 Å². The highest BCUT2D eigenvalue weighted by Gasteiger charge is 2.33. The van der Waals surface area contributed by atoms with Gasteiger partial charge in [0.15, 0.2) is 4.80 Å². The molecular formula is C27H22N2O4S2. The van der Waals surface area contributed by atoms with E-state index >= 15 is 0 Å². The van der Waals surface area contributed by atoms with E-state index in [1.165, 1.54) is 18.4 Å². The number of ether oxygens (including phenoxy) is 2. The average Bonchev–Trinajstić information content (AvgIpc) is 3.50. The lowest BCUT2D eigenvalue weighted by Crippen LogP contribution is -2.39. The van der Waals surface area contributed by atoms with Gasteiger partial charge in [0.2, 0.25) is 0 Å². The van der Waals surface area contributed by atoms with Crippen molar-refractivity contribution in [3.63, 3.8) is 0 Å². The summed E-state index contributed by atoms with van der Waals surface area (Å²) in [6, 6.07) is 20.6. The van der Waals surface area contributed by atoms with E-state index in [0.29, 0.717) is 33.0 Å². The summed E-state index contributed by atoms with van der Waals surface area (Å²) < 4.78 is 13.1. The predicted molar refractivity (Wildman–Crippen MR) is 137 cm³/mol. The van der Waals surface area contributed by atoms with Crippen molar-refractivity contribution in [3.05, 3.63) is 119 Å². The minimum atomic E-state index is -0.646. The second kappa shape index (κ2) is 9.85. The lowest BCUT2D eigenvalue weighted by Gasteiger charge is -2.24. The maximum atomic E-state index is 13.5. The van der Waals surface area contributed by atoms with Gasteiger partial charge in [-0.1, -0.05) is 59.9 Å². The van der Waals surface area contributed by atoms with Crippen LogP contribution in [0.3, 0.4) is 0 Å². The SMILES string of the molecule is COC(=O)C1=C(C)N=c2s/c(=C\c3cccs3)c(=O)n2C1c1ccc(OCc2ccccc2)cc1. The molecule has 0 saturated carbocycles. The number of rotatable bonds is 6. The molecule has 0 radical (unpaired) electrons. The summed E-state index contributed by atoms with van der Waals surface area (Å²) in [4.78, 5) is 32.4. The monoisotopic (exact) mass is 502 g/mol.